The fourth-order valence-corrected chi connectivity index (χ4v) is 2.21. The third-order valence-electron chi connectivity index (χ3n) is 3.53. The average Bonchev–Trinajstić information content (AvgIpc) is 2.55. The van der Waals surface area contributed by atoms with Gasteiger partial charge in [0.05, 0.1) is 18.0 Å². The largest absolute Gasteiger partial charge is 0.481 e. The molecule has 0 aliphatic rings. The molecule has 3 N–H and O–H groups in total. The Labute approximate surface area is 148 Å². The van der Waals surface area contributed by atoms with E-state index in [0.29, 0.717) is 6.42 Å². The number of alkyl halides is 3. The number of nitrogens with one attached hydrogen (secondary N) is 2. The minimum absolute atomic E-state index is 0.0194. The summed E-state index contributed by atoms with van der Waals surface area (Å²) in [5, 5.41) is 13.8. The average molecular weight is 374 g/mol. The molecular formula is C17H21F3N2O4. The molecule has 0 spiro atoms. The molecule has 1 aromatic carbocycles. The lowest BCUT2D eigenvalue weighted by molar-refractivity contribution is -0.142. The Morgan fingerprint density at radius 2 is 1.65 bits per heavy atom. The highest BCUT2D eigenvalue weighted by atomic mass is 19.4. The van der Waals surface area contributed by atoms with E-state index in [9.17, 15) is 27.6 Å². The lowest BCUT2D eigenvalue weighted by Crippen LogP contribution is -2.40. The van der Waals surface area contributed by atoms with E-state index in [4.69, 9.17) is 5.11 Å². The first-order valence-electron chi connectivity index (χ1n) is 7.95. The van der Waals surface area contributed by atoms with Crippen LogP contribution in [0.25, 0.3) is 0 Å². The highest BCUT2D eigenvalue weighted by molar-refractivity contribution is 5.96. The van der Waals surface area contributed by atoms with E-state index in [1.807, 2.05) is 13.8 Å². The van der Waals surface area contributed by atoms with Crippen LogP contribution in [-0.4, -0.2) is 36.0 Å². The van der Waals surface area contributed by atoms with Gasteiger partial charge in [-0.05, 0) is 36.6 Å². The van der Waals surface area contributed by atoms with E-state index in [1.165, 1.54) is 0 Å². The molecule has 26 heavy (non-hydrogen) atoms. The first kappa shape index (κ1) is 21.5. The second-order valence-electron chi connectivity index (χ2n) is 6.23. The Morgan fingerprint density at radius 3 is 2.12 bits per heavy atom. The van der Waals surface area contributed by atoms with Gasteiger partial charge in [-0.25, -0.2) is 0 Å². The number of carboxylic acids is 1. The Bertz CT molecular complexity index is 642. The van der Waals surface area contributed by atoms with Crippen LogP contribution in [0.3, 0.4) is 0 Å². The molecule has 1 atom stereocenters. The molecule has 1 aromatic rings. The van der Waals surface area contributed by atoms with E-state index in [2.05, 4.69) is 10.6 Å². The first-order valence-corrected chi connectivity index (χ1v) is 7.95. The fourth-order valence-electron chi connectivity index (χ4n) is 2.21. The van der Waals surface area contributed by atoms with Gasteiger partial charge in [-0.3, -0.25) is 14.4 Å². The number of amides is 2. The zero-order valence-electron chi connectivity index (χ0n) is 14.4. The summed E-state index contributed by atoms with van der Waals surface area (Å²) in [5.74, 6) is -2.89. The number of aliphatic carboxylic acids is 1. The molecule has 0 radical (unpaired) electrons. The predicted molar refractivity (Wildman–Crippen MR) is 87.4 cm³/mol. The van der Waals surface area contributed by atoms with Gasteiger partial charge in [-0.2, -0.15) is 13.2 Å². The van der Waals surface area contributed by atoms with Crippen molar-refractivity contribution in [2.75, 3.05) is 13.1 Å². The van der Waals surface area contributed by atoms with Crippen molar-refractivity contribution in [3.05, 3.63) is 35.4 Å². The van der Waals surface area contributed by atoms with E-state index < -0.39 is 42.0 Å². The lowest BCUT2D eigenvalue weighted by Gasteiger charge is -2.15. The van der Waals surface area contributed by atoms with Crippen molar-refractivity contribution in [2.24, 2.45) is 11.8 Å². The third kappa shape index (κ3) is 7.12. The zero-order valence-corrected chi connectivity index (χ0v) is 14.4. The highest BCUT2D eigenvalue weighted by Crippen LogP contribution is 2.29. The van der Waals surface area contributed by atoms with Crippen molar-refractivity contribution in [1.29, 1.82) is 0 Å². The minimum Gasteiger partial charge on any atom is -0.481 e. The number of carbonyl (C=O) groups excluding carboxylic acids is 2. The zero-order chi connectivity index (χ0) is 19.9. The number of carboxylic acid groups (broad SMARTS) is 1. The molecule has 0 fully saturated rings. The molecule has 0 bridgehead atoms. The maximum Gasteiger partial charge on any atom is 0.416 e. The van der Waals surface area contributed by atoms with Crippen LogP contribution < -0.4 is 10.6 Å². The molecule has 144 valence electrons. The van der Waals surface area contributed by atoms with Gasteiger partial charge >= 0.3 is 12.1 Å². The standard InChI is InChI=1S/C17H21F3N2O4/c1-10(2)7-12(16(25)26)8-21-14(23)9-22-15(24)11-3-5-13(6-4-11)17(18,19)20/h3-6,10,12H,7-9H2,1-2H3,(H,21,23)(H,22,24)(H,25,26). The third-order valence-corrected chi connectivity index (χ3v) is 3.53. The summed E-state index contributed by atoms with van der Waals surface area (Å²) in [5.41, 5.74) is -0.898. The highest BCUT2D eigenvalue weighted by Gasteiger charge is 2.30. The second-order valence-corrected chi connectivity index (χ2v) is 6.23. The molecule has 0 saturated heterocycles. The lowest BCUT2D eigenvalue weighted by atomic mass is 9.97. The maximum atomic E-state index is 12.5. The Morgan fingerprint density at radius 1 is 1.08 bits per heavy atom. The number of benzene rings is 1. The van der Waals surface area contributed by atoms with Crippen molar-refractivity contribution in [3.8, 4) is 0 Å². The van der Waals surface area contributed by atoms with E-state index >= 15 is 0 Å². The van der Waals surface area contributed by atoms with Gasteiger partial charge in [0.15, 0.2) is 0 Å². The van der Waals surface area contributed by atoms with Gasteiger partial charge in [0.1, 0.15) is 0 Å². The molecular weight excluding hydrogens is 353 g/mol. The number of halogens is 3. The van der Waals surface area contributed by atoms with Gasteiger partial charge in [-0.1, -0.05) is 13.8 Å². The molecule has 9 heteroatoms. The van der Waals surface area contributed by atoms with Crippen molar-refractivity contribution < 1.29 is 32.7 Å². The van der Waals surface area contributed by atoms with Crippen molar-refractivity contribution >= 4 is 17.8 Å². The summed E-state index contributed by atoms with van der Waals surface area (Å²) < 4.78 is 37.4. The molecule has 1 rings (SSSR count). The molecule has 6 nitrogen and oxygen atoms in total. The topological polar surface area (TPSA) is 95.5 Å². The van der Waals surface area contributed by atoms with Gasteiger partial charge < -0.3 is 15.7 Å². The van der Waals surface area contributed by atoms with Crippen molar-refractivity contribution in [2.45, 2.75) is 26.4 Å². The summed E-state index contributed by atoms with van der Waals surface area (Å²) in [6, 6.07) is 3.58. The van der Waals surface area contributed by atoms with Crippen LogP contribution >= 0.6 is 0 Å². The molecule has 0 heterocycles. The van der Waals surface area contributed by atoms with Crippen molar-refractivity contribution in [3.63, 3.8) is 0 Å². The molecule has 0 aliphatic heterocycles. The van der Waals surface area contributed by atoms with Gasteiger partial charge in [-0.15, -0.1) is 0 Å². The number of carbonyl (C=O) groups is 3. The number of hydrogen-bond acceptors (Lipinski definition) is 3. The van der Waals surface area contributed by atoms with Crippen molar-refractivity contribution in [1.82, 2.24) is 10.6 Å². The molecule has 0 aromatic heterocycles. The van der Waals surface area contributed by atoms with Gasteiger partial charge in [0.2, 0.25) is 5.91 Å². The van der Waals surface area contributed by atoms with Crippen LogP contribution in [0.1, 0.15) is 36.2 Å². The molecule has 0 saturated carbocycles. The van der Waals surface area contributed by atoms with Crippen LogP contribution in [-0.2, 0) is 15.8 Å². The second kappa shape index (κ2) is 9.21. The van der Waals surface area contributed by atoms with Crippen LogP contribution in [0.4, 0.5) is 13.2 Å². The van der Waals surface area contributed by atoms with Crippen LogP contribution in [0.15, 0.2) is 24.3 Å². The Hall–Kier alpha value is -2.58. The maximum absolute atomic E-state index is 12.5. The monoisotopic (exact) mass is 374 g/mol. The minimum atomic E-state index is -4.49. The number of hydrogen-bond donors (Lipinski definition) is 3. The van der Waals surface area contributed by atoms with Crippen LogP contribution in [0.5, 0.6) is 0 Å². The van der Waals surface area contributed by atoms with E-state index in [0.717, 1.165) is 24.3 Å². The summed E-state index contributed by atoms with van der Waals surface area (Å²) >= 11 is 0. The van der Waals surface area contributed by atoms with Gasteiger partial charge in [0.25, 0.3) is 5.91 Å². The van der Waals surface area contributed by atoms with E-state index in [-0.39, 0.29) is 18.0 Å². The normalized spacial score (nSPS) is 12.5. The smallest absolute Gasteiger partial charge is 0.416 e. The van der Waals surface area contributed by atoms with Gasteiger partial charge in [0, 0.05) is 12.1 Å². The Kier molecular flexibility index (Phi) is 7.60. The molecule has 2 amide bonds. The predicted octanol–water partition coefficient (Wildman–Crippen LogP) is 2.30. The Balaban J connectivity index is 2.49. The summed E-state index contributed by atoms with van der Waals surface area (Å²) in [7, 11) is 0. The SMILES string of the molecule is CC(C)CC(CNC(=O)CNC(=O)c1ccc(C(F)(F)F)cc1)C(=O)O. The summed E-state index contributed by atoms with van der Waals surface area (Å²) in [6.07, 6.45) is -4.10. The fraction of sp³-hybridized carbons (Fsp3) is 0.471. The van der Waals surface area contributed by atoms with Crippen LogP contribution in [0, 0.1) is 11.8 Å². The molecule has 1 unspecified atom stereocenters. The number of rotatable bonds is 8. The quantitative estimate of drug-likeness (QED) is 0.651. The van der Waals surface area contributed by atoms with Crippen LogP contribution in [0.2, 0.25) is 0 Å². The summed E-state index contributed by atoms with van der Waals surface area (Å²) in [6.45, 7) is 3.25. The summed E-state index contributed by atoms with van der Waals surface area (Å²) in [4.78, 5) is 34.6. The van der Waals surface area contributed by atoms with E-state index in [1.54, 1.807) is 0 Å². The first-order chi connectivity index (χ1) is 12.0. The molecule has 0 aliphatic carbocycles.